The first-order chi connectivity index (χ1) is 23.2. The molecule has 2 fully saturated rings. The summed E-state index contributed by atoms with van der Waals surface area (Å²) in [5, 5.41) is 48.1. The molecule has 2 aromatic rings. The number of aliphatic carboxylic acids is 2. The number of fused-ring (bicyclic) bond motifs is 1. The third-order valence-corrected chi connectivity index (χ3v) is 10.7. The number of hydrogen-bond acceptors (Lipinski definition) is 13. The topological polar surface area (TPSA) is 254 Å². The Bertz CT molecular complexity index is 1810. The Morgan fingerprint density at radius 3 is 2.55 bits per heavy atom. The SMILES string of the molecule is C=C(ON=C(C(=O)N[C@@H]1C(=O)N2C(C(=O)O)=C(C[N+]3(CCNC(=O)c4ccc(O)c(O)c4Cl)CCCC3)CS[C@H]12)c1csc(N)n1)C(=O)O. The Hall–Kier alpha value is -4.85. The van der Waals surface area contributed by atoms with Gasteiger partial charge in [0.25, 0.3) is 17.7 Å². The van der Waals surface area contributed by atoms with Gasteiger partial charge in [-0.1, -0.05) is 16.8 Å². The van der Waals surface area contributed by atoms with E-state index in [1.807, 2.05) is 0 Å². The van der Waals surface area contributed by atoms with E-state index in [0.717, 1.165) is 35.1 Å². The minimum Gasteiger partial charge on any atom is -0.504 e. The average Bonchev–Trinajstić information content (AvgIpc) is 3.71. The van der Waals surface area contributed by atoms with Gasteiger partial charge in [-0.2, -0.15) is 0 Å². The van der Waals surface area contributed by atoms with Gasteiger partial charge in [0.05, 0.1) is 36.8 Å². The molecular weight excluding hydrogens is 706 g/mol. The molecule has 4 heterocycles. The van der Waals surface area contributed by atoms with Crippen molar-refractivity contribution >= 4 is 75.2 Å². The molecule has 0 aliphatic carbocycles. The first kappa shape index (κ1) is 35.5. The minimum absolute atomic E-state index is 0.0131. The van der Waals surface area contributed by atoms with Crippen molar-refractivity contribution in [2.24, 2.45) is 5.16 Å². The molecule has 1 aromatic carbocycles. The molecule has 20 heteroatoms. The summed E-state index contributed by atoms with van der Waals surface area (Å²) in [6.45, 7) is 5.59. The number of quaternary nitrogens is 1. The van der Waals surface area contributed by atoms with Gasteiger partial charge in [-0.3, -0.25) is 19.3 Å². The smallest absolute Gasteiger partial charge is 0.374 e. The molecule has 1 aromatic heterocycles. The molecule has 0 unspecified atom stereocenters. The van der Waals surface area contributed by atoms with E-state index in [2.05, 4.69) is 27.4 Å². The third-order valence-electron chi connectivity index (χ3n) is 8.25. The monoisotopic (exact) mass is 736 g/mol. The highest BCUT2D eigenvalue weighted by molar-refractivity contribution is 8.00. The van der Waals surface area contributed by atoms with Crippen LogP contribution in [0.2, 0.25) is 5.02 Å². The summed E-state index contributed by atoms with van der Waals surface area (Å²) in [5.41, 5.74) is 5.53. The number of carboxylic acid groups (broad SMARTS) is 2. The molecule has 5 rings (SSSR count). The zero-order chi connectivity index (χ0) is 35.6. The molecule has 2 atom stereocenters. The normalized spacial score (nSPS) is 19.9. The Labute approximate surface area is 291 Å². The van der Waals surface area contributed by atoms with E-state index in [1.54, 1.807) is 0 Å². The summed E-state index contributed by atoms with van der Waals surface area (Å²) < 4.78 is 0.465. The molecule has 0 spiro atoms. The number of phenolic OH excluding ortho intramolecular Hbond substituents is 2. The van der Waals surface area contributed by atoms with E-state index in [0.29, 0.717) is 36.2 Å². The number of anilines is 1. The van der Waals surface area contributed by atoms with E-state index in [4.69, 9.17) is 27.3 Å². The molecule has 17 nitrogen and oxygen atoms in total. The number of thiazole rings is 1. The number of amides is 3. The van der Waals surface area contributed by atoms with Crippen LogP contribution in [0.1, 0.15) is 28.9 Å². The van der Waals surface area contributed by atoms with Gasteiger partial charge >= 0.3 is 11.9 Å². The molecule has 260 valence electrons. The lowest BCUT2D eigenvalue weighted by molar-refractivity contribution is -0.911. The summed E-state index contributed by atoms with van der Waals surface area (Å²) >= 11 is 8.29. The van der Waals surface area contributed by atoms with E-state index in [1.165, 1.54) is 23.2 Å². The van der Waals surface area contributed by atoms with E-state index in [9.17, 15) is 39.3 Å². The fourth-order valence-electron chi connectivity index (χ4n) is 5.86. The predicted molar refractivity (Wildman–Crippen MR) is 177 cm³/mol. The van der Waals surface area contributed by atoms with Crippen LogP contribution in [0.5, 0.6) is 11.5 Å². The van der Waals surface area contributed by atoms with Crippen LogP contribution in [-0.2, 0) is 24.0 Å². The number of phenols is 2. The number of likely N-dealkylation sites (tertiary alicyclic amines) is 1. The van der Waals surface area contributed by atoms with Crippen molar-refractivity contribution < 1.29 is 53.7 Å². The van der Waals surface area contributed by atoms with Crippen LogP contribution in [0, 0.1) is 0 Å². The van der Waals surface area contributed by atoms with Crippen LogP contribution in [-0.4, -0.2) is 120 Å². The summed E-state index contributed by atoms with van der Waals surface area (Å²) in [6, 6.07) is 1.32. The van der Waals surface area contributed by atoms with Crippen LogP contribution >= 0.6 is 34.7 Å². The quantitative estimate of drug-likeness (QED) is 0.0287. The standard InChI is InChI=1S/C29H30ClN7O10S2/c1-13(27(43)44)47-35-19(16-12-49-29(31)33-16)24(41)34-20-25(42)36-21(28(45)46)14(11-48-26(20)36)10-37(7-2-3-8-37)9-6-32-23(40)15-4-5-17(38)22(39)18(15)30/h4-5,12,20,26H,1-3,6-11H2,(H7-,31,32,33,34,35,38,39,40,41,43,44,45,46)/p+1/t20-,26-/m1/s1. The van der Waals surface area contributed by atoms with Crippen LogP contribution in [0.15, 0.2) is 46.3 Å². The number of β-lactam (4-membered cyclic amide) rings is 1. The first-order valence-corrected chi connectivity index (χ1v) is 17.0. The van der Waals surface area contributed by atoms with E-state index >= 15 is 0 Å². The lowest BCUT2D eigenvalue weighted by Crippen LogP contribution is -2.71. The summed E-state index contributed by atoms with van der Waals surface area (Å²) in [6.07, 6.45) is 1.76. The Morgan fingerprint density at radius 1 is 1.20 bits per heavy atom. The summed E-state index contributed by atoms with van der Waals surface area (Å²) in [4.78, 5) is 73.0. The maximum atomic E-state index is 13.4. The molecule has 0 saturated carbocycles. The molecule has 8 N–H and O–H groups in total. The number of hydrogen-bond donors (Lipinski definition) is 7. The van der Waals surface area contributed by atoms with Crippen LogP contribution in [0.4, 0.5) is 5.13 Å². The number of nitrogens with two attached hydrogens (primary N) is 1. The van der Waals surface area contributed by atoms with Crippen molar-refractivity contribution in [3.05, 3.63) is 57.4 Å². The number of carboxylic acids is 2. The minimum atomic E-state index is -1.52. The van der Waals surface area contributed by atoms with Gasteiger partial charge in [-0.05, 0) is 18.7 Å². The number of nitrogens with zero attached hydrogens (tertiary/aromatic N) is 4. The molecule has 3 amide bonds. The second kappa shape index (κ2) is 14.3. The van der Waals surface area contributed by atoms with Gasteiger partial charge < -0.3 is 46.1 Å². The number of nitrogen functional groups attached to an aromatic ring is 1. The van der Waals surface area contributed by atoms with E-state index in [-0.39, 0.29) is 39.4 Å². The van der Waals surface area contributed by atoms with Crippen molar-refractivity contribution in [1.82, 2.24) is 20.5 Å². The van der Waals surface area contributed by atoms with Gasteiger partial charge in [-0.15, -0.1) is 23.1 Å². The van der Waals surface area contributed by atoms with E-state index < -0.39 is 64.0 Å². The number of carbonyl (C=O) groups is 5. The number of benzene rings is 1. The lowest BCUT2D eigenvalue weighted by Gasteiger charge is -2.50. The van der Waals surface area contributed by atoms with Crippen molar-refractivity contribution in [1.29, 1.82) is 0 Å². The number of aromatic hydroxyl groups is 2. The van der Waals surface area contributed by atoms with Crippen LogP contribution < -0.4 is 16.4 Å². The van der Waals surface area contributed by atoms with Crippen molar-refractivity contribution in [2.45, 2.75) is 24.3 Å². The number of thioether (sulfide) groups is 1. The second-order valence-electron chi connectivity index (χ2n) is 11.4. The molecular formula is C29H31ClN7O10S2+. The fraction of sp³-hybridized carbons (Fsp3) is 0.345. The van der Waals surface area contributed by atoms with Gasteiger partial charge in [0.15, 0.2) is 22.3 Å². The number of nitrogens with one attached hydrogen (secondary N) is 2. The molecule has 0 radical (unpaired) electrons. The number of aromatic nitrogens is 1. The number of oxime groups is 1. The average molecular weight is 737 g/mol. The Kier molecular flexibility index (Phi) is 10.4. The van der Waals surface area contributed by atoms with Crippen molar-refractivity contribution in [3.63, 3.8) is 0 Å². The number of carbonyl (C=O) groups excluding carboxylic acids is 3. The lowest BCUT2D eigenvalue weighted by atomic mass is 10.0. The Balaban J connectivity index is 1.29. The predicted octanol–water partition coefficient (Wildman–Crippen LogP) is 0.888. The molecule has 3 aliphatic heterocycles. The highest BCUT2D eigenvalue weighted by atomic mass is 35.5. The van der Waals surface area contributed by atoms with Gasteiger partial charge in [0, 0.05) is 29.5 Å². The molecule has 0 bridgehead atoms. The molecule has 3 aliphatic rings. The molecule has 2 saturated heterocycles. The molecule has 49 heavy (non-hydrogen) atoms. The summed E-state index contributed by atoms with van der Waals surface area (Å²) in [5.74, 6) is -6.54. The first-order valence-electron chi connectivity index (χ1n) is 14.7. The van der Waals surface area contributed by atoms with Crippen molar-refractivity contribution in [2.75, 3.05) is 44.2 Å². The fourth-order valence-corrected chi connectivity index (χ4v) is 7.99. The van der Waals surface area contributed by atoms with Crippen LogP contribution in [0.3, 0.4) is 0 Å². The van der Waals surface area contributed by atoms with Gasteiger partial charge in [-0.25, -0.2) is 14.6 Å². The zero-order valence-electron chi connectivity index (χ0n) is 25.5. The highest BCUT2D eigenvalue weighted by Crippen LogP contribution is 2.41. The van der Waals surface area contributed by atoms with Gasteiger partial charge in [0.2, 0.25) is 5.76 Å². The summed E-state index contributed by atoms with van der Waals surface area (Å²) in [7, 11) is 0. The van der Waals surface area contributed by atoms with Crippen LogP contribution in [0.25, 0.3) is 0 Å². The zero-order valence-corrected chi connectivity index (χ0v) is 27.9. The number of rotatable bonds is 13. The van der Waals surface area contributed by atoms with Crippen molar-refractivity contribution in [3.8, 4) is 11.5 Å². The third kappa shape index (κ3) is 7.28. The maximum absolute atomic E-state index is 13.4. The van der Waals surface area contributed by atoms with Gasteiger partial charge in [0.1, 0.15) is 29.4 Å². The maximum Gasteiger partial charge on any atom is 0.374 e. The largest absolute Gasteiger partial charge is 0.504 e. The Morgan fingerprint density at radius 2 is 1.92 bits per heavy atom. The highest BCUT2D eigenvalue weighted by Gasteiger charge is 2.55. The number of halogens is 1. The second-order valence-corrected chi connectivity index (χ2v) is 13.7.